The zero-order valence-electron chi connectivity index (χ0n) is 7.61. The average Bonchev–Trinajstić information content (AvgIpc) is 2.89. The first-order chi connectivity index (χ1) is 6.83. The lowest BCUT2D eigenvalue weighted by atomic mass is 10.2. The molecule has 0 saturated carbocycles. The van der Waals surface area contributed by atoms with Gasteiger partial charge >= 0.3 is 0 Å². The van der Waals surface area contributed by atoms with Crippen molar-refractivity contribution in [3.63, 3.8) is 0 Å². The molecule has 3 heteroatoms. The van der Waals surface area contributed by atoms with E-state index in [-0.39, 0.29) is 5.82 Å². The Bertz CT molecular complexity index is 473. The van der Waals surface area contributed by atoms with Crippen LogP contribution in [0.2, 0.25) is 0 Å². The molecule has 0 spiro atoms. The zero-order chi connectivity index (χ0) is 9.54. The smallest absolute Gasteiger partial charge is 0.123 e. The summed E-state index contributed by atoms with van der Waals surface area (Å²) in [5.41, 5.74) is 1.07. The first-order valence-electron chi connectivity index (χ1n) is 4.69. The molecule has 1 aliphatic heterocycles. The van der Waals surface area contributed by atoms with Crippen molar-refractivity contribution in [1.82, 2.24) is 4.57 Å². The second kappa shape index (κ2) is 2.82. The highest BCUT2D eigenvalue weighted by atomic mass is 19.1. The van der Waals surface area contributed by atoms with Gasteiger partial charge in [0.25, 0.3) is 0 Å². The van der Waals surface area contributed by atoms with E-state index in [1.807, 2.05) is 18.3 Å². The summed E-state index contributed by atoms with van der Waals surface area (Å²) < 4.78 is 20.1. The third-order valence-electron chi connectivity index (χ3n) is 2.54. The second-order valence-corrected chi connectivity index (χ2v) is 3.63. The number of hydrogen-bond acceptors (Lipinski definition) is 1. The minimum Gasteiger partial charge on any atom is -0.371 e. The van der Waals surface area contributed by atoms with Crippen LogP contribution in [-0.2, 0) is 11.3 Å². The number of rotatable bonds is 2. The van der Waals surface area contributed by atoms with Crippen molar-refractivity contribution in [2.45, 2.75) is 12.6 Å². The minimum absolute atomic E-state index is 0.182. The SMILES string of the molecule is Fc1ccc2c(ccn2CC2CO2)c1. The van der Waals surface area contributed by atoms with Crippen molar-refractivity contribution in [3.05, 3.63) is 36.3 Å². The van der Waals surface area contributed by atoms with Gasteiger partial charge in [-0.15, -0.1) is 0 Å². The van der Waals surface area contributed by atoms with Crippen LogP contribution in [0.25, 0.3) is 10.9 Å². The third kappa shape index (κ3) is 1.30. The molecule has 72 valence electrons. The number of benzene rings is 1. The van der Waals surface area contributed by atoms with Crippen molar-refractivity contribution >= 4 is 10.9 Å². The molecule has 0 radical (unpaired) electrons. The van der Waals surface area contributed by atoms with Gasteiger partial charge in [0.1, 0.15) is 5.82 Å². The molecular weight excluding hydrogens is 181 g/mol. The van der Waals surface area contributed by atoms with Crippen LogP contribution >= 0.6 is 0 Å². The quantitative estimate of drug-likeness (QED) is 0.665. The average molecular weight is 191 g/mol. The van der Waals surface area contributed by atoms with E-state index in [9.17, 15) is 4.39 Å². The summed E-state index contributed by atoms with van der Waals surface area (Å²) in [6.07, 6.45) is 2.34. The Hall–Kier alpha value is -1.35. The van der Waals surface area contributed by atoms with Gasteiger partial charge in [-0.1, -0.05) is 0 Å². The van der Waals surface area contributed by atoms with Gasteiger partial charge in [0.2, 0.25) is 0 Å². The van der Waals surface area contributed by atoms with Crippen molar-refractivity contribution < 1.29 is 9.13 Å². The number of ether oxygens (including phenoxy) is 1. The van der Waals surface area contributed by atoms with E-state index in [4.69, 9.17) is 4.74 Å². The number of halogens is 1. The fourth-order valence-electron chi connectivity index (χ4n) is 1.72. The maximum absolute atomic E-state index is 12.9. The van der Waals surface area contributed by atoms with Gasteiger partial charge in [0.05, 0.1) is 19.3 Å². The molecule has 1 aromatic carbocycles. The van der Waals surface area contributed by atoms with Gasteiger partial charge in [-0.05, 0) is 24.3 Å². The van der Waals surface area contributed by atoms with Gasteiger partial charge in [-0.3, -0.25) is 0 Å². The van der Waals surface area contributed by atoms with Crippen LogP contribution in [0.1, 0.15) is 0 Å². The van der Waals surface area contributed by atoms with Gasteiger partial charge < -0.3 is 9.30 Å². The highest BCUT2D eigenvalue weighted by Crippen LogP contribution is 2.20. The van der Waals surface area contributed by atoms with E-state index in [2.05, 4.69) is 4.57 Å². The fraction of sp³-hybridized carbons (Fsp3) is 0.273. The highest BCUT2D eigenvalue weighted by Gasteiger charge is 2.23. The molecule has 1 saturated heterocycles. The largest absolute Gasteiger partial charge is 0.371 e. The van der Waals surface area contributed by atoms with E-state index < -0.39 is 0 Å². The van der Waals surface area contributed by atoms with Crippen LogP contribution in [0, 0.1) is 5.82 Å². The molecule has 0 N–H and O–H groups in total. The number of nitrogens with zero attached hydrogens (tertiary/aromatic N) is 1. The molecule has 1 atom stereocenters. The van der Waals surface area contributed by atoms with Crippen LogP contribution in [0.15, 0.2) is 30.5 Å². The zero-order valence-corrected chi connectivity index (χ0v) is 7.61. The van der Waals surface area contributed by atoms with Crippen molar-refractivity contribution in [3.8, 4) is 0 Å². The summed E-state index contributed by atoms with van der Waals surface area (Å²) in [4.78, 5) is 0. The second-order valence-electron chi connectivity index (χ2n) is 3.63. The molecular formula is C11H10FNO. The topological polar surface area (TPSA) is 17.5 Å². The standard InChI is InChI=1S/C11H10FNO/c12-9-1-2-11-8(5-9)3-4-13(11)6-10-7-14-10/h1-5,10H,6-7H2. The van der Waals surface area contributed by atoms with E-state index in [0.717, 1.165) is 24.1 Å². The maximum Gasteiger partial charge on any atom is 0.123 e. The van der Waals surface area contributed by atoms with Gasteiger partial charge in [-0.2, -0.15) is 0 Å². The van der Waals surface area contributed by atoms with E-state index in [1.54, 1.807) is 6.07 Å². The summed E-state index contributed by atoms with van der Waals surface area (Å²) >= 11 is 0. The molecule has 3 rings (SSSR count). The number of epoxide rings is 1. The molecule has 1 aromatic heterocycles. The Labute approximate surface area is 80.9 Å². The molecule has 1 aliphatic rings. The maximum atomic E-state index is 12.9. The van der Waals surface area contributed by atoms with Crippen molar-refractivity contribution in [2.75, 3.05) is 6.61 Å². The summed E-state index contributed by atoms with van der Waals surface area (Å²) in [7, 11) is 0. The lowest BCUT2D eigenvalue weighted by Crippen LogP contribution is -2.01. The predicted molar refractivity (Wildman–Crippen MR) is 51.6 cm³/mol. The normalized spacial score (nSPS) is 20.2. The summed E-state index contributed by atoms with van der Waals surface area (Å²) in [6.45, 7) is 1.72. The van der Waals surface area contributed by atoms with E-state index in [0.29, 0.717) is 6.10 Å². The minimum atomic E-state index is -0.182. The Balaban J connectivity index is 2.06. The molecule has 14 heavy (non-hydrogen) atoms. The van der Waals surface area contributed by atoms with Crippen LogP contribution in [0.5, 0.6) is 0 Å². The monoisotopic (exact) mass is 191 g/mol. The predicted octanol–water partition coefficient (Wildman–Crippen LogP) is 2.18. The lowest BCUT2D eigenvalue weighted by Gasteiger charge is -2.01. The number of hydrogen-bond donors (Lipinski definition) is 0. The van der Waals surface area contributed by atoms with E-state index in [1.165, 1.54) is 6.07 Å². The molecule has 1 fully saturated rings. The summed E-state index contributed by atoms with van der Waals surface area (Å²) in [6, 6.07) is 6.79. The van der Waals surface area contributed by atoms with Gasteiger partial charge in [-0.25, -0.2) is 4.39 Å². The Kier molecular flexibility index (Phi) is 1.61. The van der Waals surface area contributed by atoms with Crippen LogP contribution < -0.4 is 0 Å². The molecule has 2 heterocycles. The molecule has 0 aliphatic carbocycles. The molecule has 1 unspecified atom stereocenters. The third-order valence-corrected chi connectivity index (χ3v) is 2.54. The summed E-state index contributed by atoms with van der Waals surface area (Å²) in [5, 5.41) is 0.950. The van der Waals surface area contributed by atoms with Crippen molar-refractivity contribution in [2.24, 2.45) is 0 Å². The summed E-state index contributed by atoms with van der Waals surface area (Å²) in [5.74, 6) is -0.182. The molecule has 0 bridgehead atoms. The highest BCUT2D eigenvalue weighted by molar-refractivity contribution is 5.80. The molecule has 2 nitrogen and oxygen atoms in total. The Morgan fingerprint density at radius 1 is 1.43 bits per heavy atom. The van der Waals surface area contributed by atoms with Crippen LogP contribution in [0.4, 0.5) is 4.39 Å². The molecule has 0 amide bonds. The van der Waals surface area contributed by atoms with E-state index >= 15 is 0 Å². The van der Waals surface area contributed by atoms with Gasteiger partial charge in [0.15, 0.2) is 0 Å². The molecule has 2 aromatic rings. The first kappa shape index (κ1) is 8.00. The first-order valence-corrected chi connectivity index (χ1v) is 4.69. The van der Waals surface area contributed by atoms with Crippen molar-refractivity contribution in [1.29, 1.82) is 0 Å². The number of aromatic nitrogens is 1. The van der Waals surface area contributed by atoms with Gasteiger partial charge in [0, 0.05) is 17.1 Å². The lowest BCUT2D eigenvalue weighted by molar-refractivity contribution is 0.385. The fourth-order valence-corrected chi connectivity index (χ4v) is 1.72. The van der Waals surface area contributed by atoms with Crippen LogP contribution in [0.3, 0.4) is 0 Å². The Morgan fingerprint density at radius 3 is 3.07 bits per heavy atom. The van der Waals surface area contributed by atoms with Crippen LogP contribution in [-0.4, -0.2) is 17.3 Å². The Morgan fingerprint density at radius 2 is 2.29 bits per heavy atom. The number of fused-ring (bicyclic) bond motifs is 1.